The van der Waals surface area contributed by atoms with E-state index >= 15 is 0 Å². The van der Waals surface area contributed by atoms with Crippen molar-refractivity contribution in [1.82, 2.24) is 0 Å². The molecule has 0 atom stereocenters. The molecule has 2 rings (SSSR count). The van der Waals surface area contributed by atoms with Crippen LogP contribution in [0.5, 0.6) is 0 Å². The van der Waals surface area contributed by atoms with Crippen molar-refractivity contribution in [2.75, 3.05) is 19.0 Å². The lowest BCUT2D eigenvalue weighted by Crippen LogP contribution is -2.14. The Balaban J connectivity index is 0.00000112. The highest BCUT2D eigenvalue weighted by atomic mass is 35.5. The van der Waals surface area contributed by atoms with E-state index in [1.807, 2.05) is 26.2 Å². The Hall–Kier alpha value is -1.02. The summed E-state index contributed by atoms with van der Waals surface area (Å²) in [7, 11) is 4.04. The number of rotatable bonds is 1. The van der Waals surface area contributed by atoms with Crippen molar-refractivity contribution in [3.8, 4) is 0 Å². The molecule has 0 heterocycles. The summed E-state index contributed by atoms with van der Waals surface area (Å²) in [6.45, 7) is 0. The molecule has 2 nitrogen and oxygen atoms in total. The topological polar surface area (TPSA) is 20.3 Å². The molecule has 0 spiro atoms. The van der Waals surface area contributed by atoms with Gasteiger partial charge in [0.25, 0.3) is 0 Å². The molecule has 0 unspecified atom stereocenters. The smallest absolute Gasteiger partial charge is 0.163 e. The van der Waals surface area contributed by atoms with E-state index in [9.17, 15) is 4.79 Å². The molecule has 15 heavy (non-hydrogen) atoms. The van der Waals surface area contributed by atoms with Gasteiger partial charge in [0.05, 0.1) is 0 Å². The van der Waals surface area contributed by atoms with Crippen LogP contribution >= 0.6 is 12.4 Å². The highest BCUT2D eigenvalue weighted by Crippen LogP contribution is 2.25. The largest absolute Gasteiger partial charge is 0.378 e. The zero-order valence-corrected chi connectivity index (χ0v) is 9.93. The number of anilines is 1. The van der Waals surface area contributed by atoms with Crippen molar-refractivity contribution in [2.45, 2.75) is 19.3 Å². The molecule has 0 fully saturated rings. The van der Waals surface area contributed by atoms with Crippen LogP contribution in [0, 0.1) is 0 Å². The Bertz CT molecular complexity index is 374. The van der Waals surface area contributed by atoms with Gasteiger partial charge >= 0.3 is 0 Å². The summed E-state index contributed by atoms with van der Waals surface area (Å²) in [6.07, 6.45) is 2.76. The van der Waals surface area contributed by atoms with Crippen LogP contribution in [-0.2, 0) is 6.42 Å². The van der Waals surface area contributed by atoms with E-state index in [1.165, 1.54) is 11.3 Å². The highest BCUT2D eigenvalue weighted by Gasteiger charge is 2.16. The molecule has 1 aromatic rings. The summed E-state index contributed by atoms with van der Waals surface area (Å²) in [5.41, 5.74) is 3.33. The summed E-state index contributed by atoms with van der Waals surface area (Å²) in [5.74, 6) is 0.302. The number of ketones is 1. The molecule has 1 aliphatic carbocycles. The van der Waals surface area contributed by atoms with Gasteiger partial charge in [-0.3, -0.25) is 4.79 Å². The first-order chi connectivity index (χ1) is 6.68. The number of fused-ring (bicyclic) bond motifs is 1. The number of nitrogens with zero attached hydrogens (tertiary/aromatic N) is 1. The lowest BCUT2D eigenvalue weighted by Gasteiger charge is -2.18. The predicted octanol–water partition coefficient (Wildman–Crippen LogP) is 2.69. The molecule has 0 amide bonds. The Morgan fingerprint density at radius 3 is 2.60 bits per heavy atom. The number of halogens is 1. The SMILES string of the molecule is CN(C)c1ccc2c(c1)CCCC2=O.Cl. The lowest BCUT2D eigenvalue weighted by molar-refractivity contribution is 0.0972. The Kier molecular flexibility index (Phi) is 3.75. The van der Waals surface area contributed by atoms with Crippen LogP contribution in [0.1, 0.15) is 28.8 Å². The number of Topliss-reactive ketones (excluding diaryl/α,β-unsaturated/α-hetero) is 1. The third kappa shape index (κ3) is 2.32. The molecular weight excluding hydrogens is 210 g/mol. The summed E-state index contributed by atoms with van der Waals surface area (Å²) in [4.78, 5) is 13.6. The zero-order chi connectivity index (χ0) is 10.1. The van der Waals surface area contributed by atoms with Crippen LogP contribution in [-0.4, -0.2) is 19.9 Å². The number of hydrogen-bond donors (Lipinski definition) is 0. The van der Waals surface area contributed by atoms with Crippen LogP contribution in [0.3, 0.4) is 0 Å². The lowest BCUT2D eigenvalue weighted by atomic mass is 9.90. The maximum Gasteiger partial charge on any atom is 0.163 e. The first-order valence-corrected chi connectivity index (χ1v) is 5.02. The average molecular weight is 226 g/mol. The third-order valence-corrected chi connectivity index (χ3v) is 2.76. The van der Waals surface area contributed by atoms with Gasteiger partial charge in [0.15, 0.2) is 5.78 Å². The number of benzene rings is 1. The van der Waals surface area contributed by atoms with E-state index in [0.29, 0.717) is 12.2 Å². The van der Waals surface area contributed by atoms with E-state index in [2.05, 4.69) is 11.0 Å². The maximum absolute atomic E-state index is 11.6. The molecule has 0 aromatic heterocycles. The Morgan fingerprint density at radius 1 is 1.20 bits per heavy atom. The molecule has 1 aromatic carbocycles. The third-order valence-electron chi connectivity index (χ3n) is 2.76. The molecule has 0 saturated heterocycles. The molecule has 0 N–H and O–H groups in total. The van der Waals surface area contributed by atoms with Crippen molar-refractivity contribution >= 4 is 23.9 Å². The van der Waals surface area contributed by atoms with Crippen molar-refractivity contribution in [2.24, 2.45) is 0 Å². The minimum atomic E-state index is 0. The fourth-order valence-corrected chi connectivity index (χ4v) is 1.91. The van der Waals surface area contributed by atoms with E-state index in [4.69, 9.17) is 0 Å². The van der Waals surface area contributed by atoms with Gasteiger partial charge in [0.1, 0.15) is 0 Å². The minimum Gasteiger partial charge on any atom is -0.378 e. The first kappa shape index (κ1) is 12.1. The molecule has 0 aliphatic heterocycles. The van der Waals surface area contributed by atoms with Crippen LogP contribution in [0.15, 0.2) is 18.2 Å². The second kappa shape index (κ2) is 4.67. The van der Waals surface area contributed by atoms with Gasteiger partial charge in [-0.25, -0.2) is 0 Å². The predicted molar refractivity (Wildman–Crippen MR) is 65.3 cm³/mol. The minimum absolute atomic E-state index is 0. The quantitative estimate of drug-likeness (QED) is 0.733. The number of aryl methyl sites for hydroxylation is 1. The standard InChI is InChI=1S/C12H15NO.ClH/c1-13(2)10-6-7-11-9(8-10)4-3-5-12(11)14;/h6-8H,3-5H2,1-2H3;1H. The molecule has 3 heteroatoms. The molecule has 0 saturated carbocycles. The van der Waals surface area contributed by atoms with Gasteiger partial charge in [0, 0.05) is 31.8 Å². The van der Waals surface area contributed by atoms with Gasteiger partial charge in [-0.15, -0.1) is 12.4 Å². The van der Waals surface area contributed by atoms with Crippen molar-refractivity contribution in [1.29, 1.82) is 0 Å². The maximum atomic E-state index is 11.6. The Labute approximate surface area is 96.7 Å². The van der Waals surface area contributed by atoms with E-state index in [-0.39, 0.29) is 12.4 Å². The van der Waals surface area contributed by atoms with Crippen molar-refractivity contribution in [3.63, 3.8) is 0 Å². The van der Waals surface area contributed by atoms with E-state index in [1.54, 1.807) is 0 Å². The molecule has 0 bridgehead atoms. The zero-order valence-electron chi connectivity index (χ0n) is 9.12. The number of carbonyl (C=O) groups is 1. The second-order valence-corrected chi connectivity index (χ2v) is 4.01. The van der Waals surface area contributed by atoms with Gasteiger partial charge < -0.3 is 4.90 Å². The van der Waals surface area contributed by atoms with Gasteiger partial charge in [-0.1, -0.05) is 0 Å². The van der Waals surface area contributed by atoms with Gasteiger partial charge in [-0.2, -0.15) is 0 Å². The van der Waals surface area contributed by atoms with Crippen molar-refractivity contribution < 1.29 is 4.79 Å². The van der Waals surface area contributed by atoms with Crippen LogP contribution in [0.25, 0.3) is 0 Å². The molecule has 1 aliphatic rings. The van der Waals surface area contributed by atoms with E-state index < -0.39 is 0 Å². The summed E-state index contributed by atoms with van der Waals surface area (Å²) in [5, 5.41) is 0. The fraction of sp³-hybridized carbons (Fsp3) is 0.417. The van der Waals surface area contributed by atoms with Crippen molar-refractivity contribution in [3.05, 3.63) is 29.3 Å². The number of hydrogen-bond acceptors (Lipinski definition) is 2. The molecule has 82 valence electrons. The second-order valence-electron chi connectivity index (χ2n) is 4.01. The Morgan fingerprint density at radius 2 is 1.93 bits per heavy atom. The van der Waals surface area contributed by atoms with Crippen LogP contribution in [0.4, 0.5) is 5.69 Å². The molecule has 0 radical (unpaired) electrons. The van der Waals surface area contributed by atoms with Crippen LogP contribution in [0.2, 0.25) is 0 Å². The highest BCUT2D eigenvalue weighted by molar-refractivity contribution is 5.98. The number of carbonyl (C=O) groups excluding carboxylic acids is 1. The van der Waals surface area contributed by atoms with Gasteiger partial charge in [-0.05, 0) is 36.6 Å². The summed E-state index contributed by atoms with van der Waals surface area (Å²) in [6, 6.07) is 6.11. The summed E-state index contributed by atoms with van der Waals surface area (Å²) >= 11 is 0. The average Bonchev–Trinajstić information content (AvgIpc) is 2.17. The molecular formula is C12H16ClNO. The van der Waals surface area contributed by atoms with E-state index in [0.717, 1.165) is 18.4 Å². The van der Waals surface area contributed by atoms with Crippen LogP contribution < -0.4 is 4.90 Å². The van der Waals surface area contributed by atoms with Gasteiger partial charge in [0.2, 0.25) is 0 Å². The fourth-order valence-electron chi connectivity index (χ4n) is 1.91. The monoisotopic (exact) mass is 225 g/mol. The summed E-state index contributed by atoms with van der Waals surface area (Å²) < 4.78 is 0. The normalized spacial score (nSPS) is 14.1. The first-order valence-electron chi connectivity index (χ1n) is 5.02.